The van der Waals surface area contributed by atoms with E-state index in [1.807, 2.05) is 6.07 Å². The third kappa shape index (κ3) is 2.89. The van der Waals surface area contributed by atoms with E-state index in [1.54, 1.807) is 25.5 Å². The molecule has 0 atom stereocenters. The molecule has 2 rings (SSSR count). The van der Waals surface area contributed by atoms with Crippen LogP contribution in [0.4, 0.5) is 5.82 Å². The summed E-state index contributed by atoms with van der Waals surface area (Å²) in [6.07, 6.45) is 2.31. The standard InChI is InChI=1S/C12H15N3O2S/c1-13-11-10(16-2)12(15-8-14-11)17-6-5-9-4-3-7-18-9/h3-4,7-8H,5-6H2,1-2H3,(H,13,14,15). The molecule has 0 fully saturated rings. The van der Waals surface area contributed by atoms with Crippen molar-refractivity contribution in [1.82, 2.24) is 9.97 Å². The second-order valence-corrected chi connectivity index (χ2v) is 4.52. The van der Waals surface area contributed by atoms with E-state index in [0.29, 0.717) is 24.1 Å². The molecule has 1 N–H and O–H groups in total. The zero-order valence-corrected chi connectivity index (χ0v) is 11.2. The smallest absolute Gasteiger partial charge is 0.262 e. The number of anilines is 1. The first kappa shape index (κ1) is 12.6. The highest BCUT2D eigenvalue weighted by Gasteiger charge is 2.12. The predicted molar refractivity (Wildman–Crippen MR) is 71.6 cm³/mol. The number of thiophene rings is 1. The van der Waals surface area contributed by atoms with Crippen LogP contribution < -0.4 is 14.8 Å². The second-order valence-electron chi connectivity index (χ2n) is 3.49. The van der Waals surface area contributed by atoms with E-state index in [9.17, 15) is 0 Å². The van der Waals surface area contributed by atoms with Crippen LogP contribution in [-0.4, -0.2) is 30.7 Å². The van der Waals surface area contributed by atoms with Crippen LogP contribution in [-0.2, 0) is 6.42 Å². The molecule has 96 valence electrons. The van der Waals surface area contributed by atoms with E-state index < -0.39 is 0 Å². The summed E-state index contributed by atoms with van der Waals surface area (Å²) >= 11 is 1.72. The third-order valence-corrected chi connectivity index (χ3v) is 3.32. The maximum atomic E-state index is 5.63. The first-order valence-corrected chi connectivity index (χ1v) is 6.45. The minimum atomic E-state index is 0.466. The SMILES string of the molecule is CNc1ncnc(OCCc2cccs2)c1OC. The van der Waals surface area contributed by atoms with Gasteiger partial charge in [0, 0.05) is 18.3 Å². The lowest BCUT2D eigenvalue weighted by Gasteiger charge is -2.11. The largest absolute Gasteiger partial charge is 0.489 e. The summed E-state index contributed by atoms with van der Waals surface area (Å²) in [4.78, 5) is 9.43. The Balaban J connectivity index is 2.00. The number of ether oxygens (including phenoxy) is 2. The van der Waals surface area contributed by atoms with Crippen LogP contribution in [0, 0.1) is 0 Å². The van der Waals surface area contributed by atoms with Crippen molar-refractivity contribution in [2.75, 3.05) is 26.1 Å². The number of methoxy groups -OCH3 is 1. The summed E-state index contributed by atoms with van der Waals surface area (Å²) in [7, 11) is 3.35. The van der Waals surface area contributed by atoms with Crippen LogP contribution >= 0.6 is 11.3 Å². The molecular formula is C12H15N3O2S. The number of hydrogen-bond acceptors (Lipinski definition) is 6. The van der Waals surface area contributed by atoms with Gasteiger partial charge in [-0.15, -0.1) is 11.3 Å². The zero-order chi connectivity index (χ0) is 12.8. The molecular weight excluding hydrogens is 250 g/mol. The topological polar surface area (TPSA) is 56.3 Å². The Hall–Kier alpha value is -1.82. The van der Waals surface area contributed by atoms with E-state index in [2.05, 4.69) is 26.7 Å². The molecule has 0 saturated carbocycles. The number of rotatable bonds is 6. The Labute approximate surface area is 110 Å². The summed E-state index contributed by atoms with van der Waals surface area (Å²) in [5, 5.41) is 4.99. The molecule has 0 aliphatic rings. The van der Waals surface area contributed by atoms with E-state index in [-0.39, 0.29) is 0 Å². The van der Waals surface area contributed by atoms with Gasteiger partial charge in [0.25, 0.3) is 5.88 Å². The molecule has 0 aliphatic carbocycles. The van der Waals surface area contributed by atoms with Crippen molar-refractivity contribution in [1.29, 1.82) is 0 Å². The number of nitrogens with zero attached hydrogens (tertiary/aromatic N) is 2. The van der Waals surface area contributed by atoms with Gasteiger partial charge in [0.1, 0.15) is 6.33 Å². The number of aromatic nitrogens is 2. The lowest BCUT2D eigenvalue weighted by molar-refractivity contribution is 0.286. The van der Waals surface area contributed by atoms with Gasteiger partial charge in [-0.25, -0.2) is 4.98 Å². The van der Waals surface area contributed by atoms with E-state index in [4.69, 9.17) is 9.47 Å². The minimum absolute atomic E-state index is 0.466. The summed E-state index contributed by atoms with van der Waals surface area (Å²) in [6.45, 7) is 0.567. The molecule has 0 aromatic carbocycles. The van der Waals surface area contributed by atoms with Crippen LogP contribution in [0.3, 0.4) is 0 Å². The molecule has 2 aromatic rings. The maximum Gasteiger partial charge on any atom is 0.262 e. The Morgan fingerprint density at radius 2 is 2.28 bits per heavy atom. The van der Waals surface area contributed by atoms with Gasteiger partial charge in [-0.1, -0.05) is 6.07 Å². The van der Waals surface area contributed by atoms with Crippen LogP contribution in [0.2, 0.25) is 0 Å². The van der Waals surface area contributed by atoms with Gasteiger partial charge >= 0.3 is 0 Å². The minimum Gasteiger partial charge on any atom is -0.489 e. The quantitative estimate of drug-likeness (QED) is 0.867. The monoisotopic (exact) mass is 265 g/mol. The van der Waals surface area contributed by atoms with Crippen LogP contribution in [0.5, 0.6) is 11.6 Å². The highest BCUT2D eigenvalue weighted by Crippen LogP contribution is 2.30. The number of hydrogen-bond donors (Lipinski definition) is 1. The van der Waals surface area contributed by atoms with Crippen molar-refractivity contribution < 1.29 is 9.47 Å². The lowest BCUT2D eigenvalue weighted by atomic mass is 10.4. The van der Waals surface area contributed by atoms with Gasteiger partial charge in [-0.2, -0.15) is 4.98 Å². The molecule has 6 heteroatoms. The summed E-state index contributed by atoms with van der Waals surface area (Å²) in [5.41, 5.74) is 0. The fourth-order valence-corrected chi connectivity index (χ4v) is 2.22. The van der Waals surface area contributed by atoms with Gasteiger partial charge in [0.2, 0.25) is 5.75 Å². The van der Waals surface area contributed by atoms with Crippen molar-refractivity contribution in [3.8, 4) is 11.6 Å². The average molecular weight is 265 g/mol. The Bertz CT molecular complexity index is 488. The van der Waals surface area contributed by atoms with Crippen LogP contribution in [0.1, 0.15) is 4.88 Å². The fraction of sp³-hybridized carbons (Fsp3) is 0.333. The molecule has 0 radical (unpaired) electrons. The van der Waals surface area contributed by atoms with Crippen molar-refractivity contribution in [3.05, 3.63) is 28.7 Å². The molecule has 0 aliphatic heterocycles. The fourth-order valence-electron chi connectivity index (χ4n) is 1.53. The first-order chi connectivity index (χ1) is 8.85. The van der Waals surface area contributed by atoms with E-state index >= 15 is 0 Å². The Morgan fingerprint density at radius 3 is 2.94 bits per heavy atom. The van der Waals surface area contributed by atoms with Gasteiger partial charge < -0.3 is 14.8 Å². The highest BCUT2D eigenvalue weighted by molar-refractivity contribution is 7.09. The maximum absolute atomic E-state index is 5.63. The molecule has 0 bridgehead atoms. The molecule has 2 heterocycles. The second kappa shape index (κ2) is 6.20. The van der Waals surface area contributed by atoms with Gasteiger partial charge in [-0.3, -0.25) is 0 Å². The molecule has 0 saturated heterocycles. The summed E-state index contributed by atoms with van der Waals surface area (Å²) < 4.78 is 10.9. The number of nitrogens with one attached hydrogen (secondary N) is 1. The van der Waals surface area contributed by atoms with Gasteiger partial charge in [0.15, 0.2) is 5.82 Å². The average Bonchev–Trinajstić information content (AvgIpc) is 2.91. The predicted octanol–water partition coefficient (Wildman–Crippen LogP) is 2.21. The molecule has 0 unspecified atom stereocenters. The molecule has 2 aromatic heterocycles. The third-order valence-electron chi connectivity index (χ3n) is 2.38. The first-order valence-electron chi connectivity index (χ1n) is 5.57. The van der Waals surface area contributed by atoms with Gasteiger partial charge in [-0.05, 0) is 11.4 Å². The van der Waals surface area contributed by atoms with Crippen LogP contribution in [0.15, 0.2) is 23.8 Å². The van der Waals surface area contributed by atoms with Crippen LogP contribution in [0.25, 0.3) is 0 Å². The van der Waals surface area contributed by atoms with Crippen molar-refractivity contribution in [2.24, 2.45) is 0 Å². The molecule has 18 heavy (non-hydrogen) atoms. The summed E-state index contributed by atoms with van der Waals surface area (Å²) in [6, 6.07) is 4.12. The Kier molecular flexibility index (Phi) is 4.35. The molecule has 0 spiro atoms. The van der Waals surface area contributed by atoms with Crippen molar-refractivity contribution >= 4 is 17.2 Å². The van der Waals surface area contributed by atoms with Crippen molar-refractivity contribution in [3.63, 3.8) is 0 Å². The normalized spacial score (nSPS) is 10.1. The molecule has 0 amide bonds. The zero-order valence-electron chi connectivity index (χ0n) is 10.3. The summed E-state index contributed by atoms with van der Waals surface area (Å²) in [5.74, 6) is 1.62. The van der Waals surface area contributed by atoms with E-state index in [1.165, 1.54) is 11.2 Å². The van der Waals surface area contributed by atoms with Crippen molar-refractivity contribution in [2.45, 2.75) is 6.42 Å². The van der Waals surface area contributed by atoms with Gasteiger partial charge in [0.05, 0.1) is 13.7 Å². The Morgan fingerprint density at radius 1 is 1.39 bits per heavy atom. The lowest BCUT2D eigenvalue weighted by Crippen LogP contribution is -2.06. The molecule has 5 nitrogen and oxygen atoms in total. The highest BCUT2D eigenvalue weighted by atomic mass is 32.1. The van der Waals surface area contributed by atoms with E-state index in [0.717, 1.165) is 6.42 Å².